The Hall–Kier alpha value is -3.44. The van der Waals surface area contributed by atoms with Crippen LogP contribution in [0.1, 0.15) is 239 Å². The largest absolute Gasteiger partial charge is 0.462 e. The lowest BCUT2D eigenvalue weighted by Crippen LogP contribution is -2.30. The lowest BCUT2D eigenvalue weighted by Gasteiger charge is -2.18. The van der Waals surface area contributed by atoms with Gasteiger partial charge in [-0.25, -0.2) is 0 Å². The highest BCUT2D eigenvalue weighted by atomic mass is 16.6. The molecule has 0 unspecified atom stereocenters. The summed E-state index contributed by atoms with van der Waals surface area (Å²) in [6.07, 6.45) is 76.9. The van der Waals surface area contributed by atoms with Crippen molar-refractivity contribution in [3.8, 4) is 0 Å². The van der Waals surface area contributed by atoms with Crippen LogP contribution >= 0.6 is 0 Å². The molecule has 0 bridgehead atoms. The zero-order valence-electron chi connectivity index (χ0n) is 43.2. The highest BCUT2D eigenvalue weighted by Crippen LogP contribution is 2.14. The van der Waals surface area contributed by atoms with E-state index in [1.807, 2.05) is 6.08 Å². The van der Waals surface area contributed by atoms with Gasteiger partial charge in [0.25, 0.3) is 0 Å². The molecule has 5 nitrogen and oxygen atoms in total. The Morgan fingerprint density at radius 2 is 0.712 bits per heavy atom. The molecule has 0 aromatic carbocycles. The average Bonchev–Trinajstić information content (AvgIpc) is 3.32. The fourth-order valence-electron chi connectivity index (χ4n) is 7.25. The predicted octanol–water partition coefficient (Wildman–Crippen LogP) is 18.8. The van der Waals surface area contributed by atoms with Gasteiger partial charge in [-0.05, 0) is 96.3 Å². The second-order valence-electron chi connectivity index (χ2n) is 17.8. The molecule has 1 atom stereocenters. The van der Waals surface area contributed by atoms with E-state index in [1.54, 1.807) is 0 Å². The minimum Gasteiger partial charge on any atom is -0.462 e. The van der Waals surface area contributed by atoms with Gasteiger partial charge in [0, 0.05) is 19.4 Å². The molecule has 0 saturated carbocycles. The third kappa shape index (κ3) is 53.2. The molecule has 0 fully saturated rings. The quantitative estimate of drug-likeness (QED) is 0.0346. The Bertz CT molecular complexity index is 1310. The fourth-order valence-corrected chi connectivity index (χ4v) is 7.25. The first-order valence-electron chi connectivity index (χ1n) is 27.4. The van der Waals surface area contributed by atoms with E-state index in [9.17, 15) is 9.59 Å². The Morgan fingerprint density at radius 3 is 1.15 bits per heavy atom. The summed E-state index contributed by atoms with van der Waals surface area (Å²) in [6, 6.07) is 0. The van der Waals surface area contributed by atoms with Gasteiger partial charge >= 0.3 is 11.9 Å². The van der Waals surface area contributed by atoms with Crippen molar-refractivity contribution in [2.45, 2.75) is 245 Å². The summed E-state index contributed by atoms with van der Waals surface area (Å²) >= 11 is 0. The third-order valence-corrected chi connectivity index (χ3v) is 11.3. The van der Waals surface area contributed by atoms with Crippen LogP contribution in [0.25, 0.3) is 0 Å². The Balaban J connectivity index is 4.45. The van der Waals surface area contributed by atoms with E-state index in [0.717, 1.165) is 83.5 Å². The van der Waals surface area contributed by atoms with Crippen LogP contribution in [0.2, 0.25) is 0 Å². The van der Waals surface area contributed by atoms with Gasteiger partial charge < -0.3 is 14.2 Å². The van der Waals surface area contributed by atoms with E-state index in [1.165, 1.54) is 116 Å². The number of allylic oxidation sites excluding steroid dienone is 18. The molecule has 0 amide bonds. The minimum absolute atomic E-state index is 0.0260. The molecule has 5 heteroatoms. The zero-order valence-corrected chi connectivity index (χ0v) is 43.2. The number of hydrogen-bond donors (Lipinski definition) is 0. The molecule has 0 aromatic heterocycles. The van der Waals surface area contributed by atoms with Crippen LogP contribution in [-0.4, -0.2) is 37.9 Å². The first-order valence-corrected chi connectivity index (χ1v) is 27.4. The highest BCUT2D eigenvalue weighted by Gasteiger charge is 2.17. The molecule has 0 aromatic rings. The van der Waals surface area contributed by atoms with Crippen molar-refractivity contribution in [2.24, 2.45) is 0 Å². The van der Waals surface area contributed by atoms with Gasteiger partial charge in [-0.15, -0.1) is 0 Å². The lowest BCUT2D eigenvalue weighted by molar-refractivity contribution is -0.162. The normalized spacial score (nSPS) is 13.1. The molecule has 0 N–H and O–H groups in total. The number of rotatable bonds is 49. The van der Waals surface area contributed by atoms with Crippen molar-refractivity contribution in [2.75, 3.05) is 19.8 Å². The summed E-state index contributed by atoms with van der Waals surface area (Å²) in [5, 5.41) is 0. The Labute approximate surface area is 408 Å². The molecular formula is C61H102O5. The van der Waals surface area contributed by atoms with E-state index in [0.29, 0.717) is 25.9 Å². The van der Waals surface area contributed by atoms with Crippen LogP contribution in [-0.2, 0) is 23.8 Å². The molecule has 376 valence electrons. The zero-order chi connectivity index (χ0) is 47.7. The van der Waals surface area contributed by atoms with Crippen LogP contribution in [0.5, 0.6) is 0 Å². The van der Waals surface area contributed by atoms with Gasteiger partial charge in [0.1, 0.15) is 6.61 Å². The molecule has 0 spiro atoms. The van der Waals surface area contributed by atoms with Crippen LogP contribution < -0.4 is 0 Å². The SMILES string of the molecule is CC/C=C\C/C=C\C/C=C\C/C=C\C/C=C\C/C=C\CCC(=O)OC[C@@H](COCCCCCCCCCCCCCCCCCC)OC(=O)CCCC/C=C\C/C=C\C/C=C\CCCCC. The van der Waals surface area contributed by atoms with Crippen LogP contribution in [0.15, 0.2) is 109 Å². The van der Waals surface area contributed by atoms with Crippen molar-refractivity contribution in [3.63, 3.8) is 0 Å². The van der Waals surface area contributed by atoms with Crippen molar-refractivity contribution >= 4 is 11.9 Å². The van der Waals surface area contributed by atoms with E-state index in [2.05, 4.69) is 124 Å². The second-order valence-corrected chi connectivity index (χ2v) is 17.8. The number of carbonyl (C=O) groups excluding carboxylic acids is 2. The molecule has 0 aliphatic carbocycles. The standard InChI is InChI=1S/C61H102O5/c1-4-7-10-13-16-19-22-25-28-30-31-32-34-36-39-42-45-48-51-54-60(62)65-58-59(57-64-56-53-50-47-44-41-38-35-29-26-23-20-17-14-11-8-5-2)66-61(63)55-52-49-46-43-40-37-33-27-24-21-18-15-12-9-6-3/h7,10,16,18-19,21,25,27-28,31-33,36,39-40,43,45,48,59H,4-6,8-9,11-15,17,20,22-24,26,29-30,34-35,37-38,41-42,44,46-47,49-58H2,1-3H3/b10-7-,19-16-,21-18-,28-25-,32-31-,33-27-,39-36-,43-40-,48-45-/t59-/m1/s1. The summed E-state index contributed by atoms with van der Waals surface area (Å²) < 4.78 is 17.3. The fraction of sp³-hybridized carbons (Fsp3) is 0.672. The summed E-state index contributed by atoms with van der Waals surface area (Å²) in [5.74, 6) is -0.538. The maximum absolute atomic E-state index is 12.8. The smallest absolute Gasteiger partial charge is 0.306 e. The summed E-state index contributed by atoms with van der Waals surface area (Å²) in [6.45, 7) is 7.57. The summed E-state index contributed by atoms with van der Waals surface area (Å²) in [7, 11) is 0. The van der Waals surface area contributed by atoms with Gasteiger partial charge in [-0.3, -0.25) is 9.59 Å². The number of ether oxygens (including phenoxy) is 3. The topological polar surface area (TPSA) is 61.8 Å². The van der Waals surface area contributed by atoms with Crippen LogP contribution in [0, 0.1) is 0 Å². The first-order chi connectivity index (χ1) is 32.6. The molecule has 66 heavy (non-hydrogen) atoms. The van der Waals surface area contributed by atoms with Crippen molar-refractivity contribution < 1.29 is 23.8 Å². The van der Waals surface area contributed by atoms with Crippen molar-refractivity contribution in [1.82, 2.24) is 0 Å². The monoisotopic (exact) mass is 915 g/mol. The third-order valence-electron chi connectivity index (χ3n) is 11.3. The van der Waals surface area contributed by atoms with Gasteiger partial charge in [-0.2, -0.15) is 0 Å². The van der Waals surface area contributed by atoms with E-state index >= 15 is 0 Å². The molecule has 0 aliphatic rings. The highest BCUT2D eigenvalue weighted by molar-refractivity contribution is 5.70. The number of carbonyl (C=O) groups is 2. The molecular weight excluding hydrogens is 813 g/mol. The molecule has 0 saturated heterocycles. The van der Waals surface area contributed by atoms with Crippen molar-refractivity contribution in [3.05, 3.63) is 109 Å². The van der Waals surface area contributed by atoms with Gasteiger partial charge in [-0.1, -0.05) is 239 Å². The van der Waals surface area contributed by atoms with E-state index < -0.39 is 6.10 Å². The Morgan fingerprint density at radius 1 is 0.348 bits per heavy atom. The van der Waals surface area contributed by atoms with Gasteiger partial charge in [0.2, 0.25) is 0 Å². The van der Waals surface area contributed by atoms with Crippen LogP contribution in [0.3, 0.4) is 0 Å². The first kappa shape index (κ1) is 62.6. The predicted molar refractivity (Wildman–Crippen MR) is 288 cm³/mol. The number of esters is 2. The molecule has 0 heterocycles. The van der Waals surface area contributed by atoms with Gasteiger partial charge in [0.05, 0.1) is 6.61 Å². The maximum atomic E-state index is 12.8. The molecule has 0 rings (SSSR count). The van der Waals surface area contributed by atoms with Gasteiger partial charge in [0.15, 0.2) is 6.10 Å². The Kier molecular flexibility index (Phi) is 53.0. The second kappa shape index (κ2) is 55.9. The maximum Gasteiger partial charge on any atom is 0.306 e. The molecule has 0 radical (unpaired) electrons. The minimum atomic E-state index is -0.591. The van der Waals surface area contributed by atoms with E-state index in [4.69, 9.17) is 14.2 Å². The summed E-state index contributed by atoms with van der Waals surface area (Å²) in [4.78, 5) is 25.4. The lowest BCUT2D eigenvalue weighted by atomic mass is 10.0. The summed E-state index contributed by atoms with van der Waals surface area (Å²) in [5.41, 5.74) is 0. The number of hydrogen-bond acceptors (Lipinski definition) is 5. The average molecular weight is 915 g/mol. The molecule has 0 aliphatic heterocycles. The van der Waals surface area contributed by atoms with E-state index in [-0.39, 0.29) is 25.2 Å². The van der Waals surface area contributed by atoms with Crippen molar-refractivity contribution in [1.29, 1.82) is 0 Å². The van der Waals surface area contributed by atoms with Crippen LogP contribution in [0.4, 0.5) is 0 Å². The number of unbranched alkanes of at least 4 members (excludes halogenated alkanes) is 20.